The predicted molar refractivity (Wildman–Crippen MR) is 61.5 cm³/mol. The van der Waals surface area contributed by atoms with Gasteiger partial charge in [-0.15, -0.1) is 0 Å². The molecule has 1 rings (SSSR count). The third-order valence-electron chi connectivity index (χ3n) is 2.22. The van der Waals surface area contributed by atoms with Crippen LogP contribution in [0.25, 0.3) is 0 Å². The molecule has 0 saturated carbocycles. The summed E-state index contributed by atoms with van der Waals surface area (Å²) in [6, 6.07) is 6.82. The number of hydrogen-bond donors (Lipinski definition) is 1. The normalized spacial score (nSPS) is 13.8. The van der Waals surface area contributed by atoms with Crippen LogP contribution in [0.4, 0.5) is 0 Å². The van der Waals surface area contributed by atoms with Crippen LogP contribution in [0.1, 0.15) is 18.9 Å². The molecule has 0 aromatic heterocycles. The largest absolute Gasteiger partial charge is 0.328 e. The van der Waals surface area contributed by atoms with Crippen LogP contribution in [-0.2, 0) is 9.84 Å². The summed E-state index contributed by atoms with van der Waals surface area (Å²) in [7, 11) is -3.15. The summed E-state index contributed by atoms with van der Waals surface area (Å²) < 4.78 is 23.6. The van der Waals surface area contributed by atoms with Gasteiger partial charge in [-0.1, -0.05) is 17.7 Å². The zero-order valence-electron chi connectivity index (χ0n) is 9.10. The van der Waals surface area contributed by atoms with Crippen molar-refractivity contribution in [2.45, 2.75) is 31.2 Å². The minimum atomic E-state index is -3.15. The van der Waals surface area contributed by atoms with Gasteiger partial charge in [0.25, 0.3) is 0 Å². The molecule has 0 radical (unpaired) electrons. The van der Waals surface area contributed by atoms with Crippen molar-refractivity contribution in [3.63, 3.8) is 0 Å². The SMILES string of the molecule is Cc1ccc(S(=O)(=O)CCC(C)N)cc1. The van der Waals surface area contributed by atoms with Crippen molar-refractivity contribution >= 4 is 9.84 Å². The Labute approximate surface area is 91.2 Å². The first-order chi connectivity index (χ1) is 6.92. The summed E-state index contributed by atoms with van der Waals surface area (Å²) in [6.07, 6.45) is 0.496. The molecule has 2 N–H and O–H groups in total. The van der Waals surface area contributed by atoms with E-state index in [9.17, 15) is 8.42 Å². The summed E-state index contributed by atoms with van der Waals surface area (Å²) in [6.45, 7) is 3.74. The molecule has 0 bridgehead atoms. The molecular weight excluding hydrogens is 210 g/mol. The van der Waals surface area contributed by atoms with Crippen LogP contribution in [-0.4, -0.2) is 20.2 Å². The lowest BCUT2D eigenvalue weighted by Gasteiger charge is -2.06. The number of sulfone groups is 1. The van der Waals surface area contributed by atoms with Crippen LogP contribution >= 0.6 is 0 Å². The lowest BCUT2D eigenvalue weighted by atomic mass is 10.2. The van der Waals surface area contributed by atoms with E-state index in [4.69, 9.17) is 5.73 Å². The molecule has 15 heavy (non-hydrogen) atoms. The van der Waals surface area contributed by atoms with Crippen molar-refractivity contribution in [1.29, 1.82) is 0 Å². The van der Waals surface area contributed by atoms with E-state index >= 15 is 0 Å². The topological polar surface area (TPSA) is 60.2 Å². The molecule has 0 spiro atoms. The zero-order valence-corrected chi connectivity index (χ0v) is 9.92. The number of rotatable bonds is 4. The van der Waals surface area contributed by atoms with Crippen molar-refractivity contribution in [2.75, 3.05) is 5.75 Å². The number of aryl methyl sites for hydroxylation is 1. The molecule has 84 valence electrons. The highest BCUT2D eigenvalue weighted by atomic mass is 32.2. The molecule has 1 aromatic rings. The van der Waals surface area contributed by atoms with E-state index < -0.39 is 9.84 Å². The molecule has 0 aliphatic rings. The van der Waals surface area contributed by atoms with Crippen molar-refractivity contribution in [1.82, 2.24) is 0 Å². The Balaban J connectivity index is 2.82. The summed E-state index contributed by atoms with van der Waals surface area (Å²) in [4.78, 5) is 0.383. The van der Waals surface area contributed by atoms with Gasteiger partial charge < -0.3 is 5.73 Å². The first-order valence-corrected chi connectivity index (χ1v) is 6.62. The van der Waals surface area contributed by atoms with Gasteiger partial charge in [0.2, 0.25) is 0 Å². The second-order valence-electron chi connectivity index (χ2n) is 3.90. The molecule has 1 atom stereocenters. The van der Waals surface area contributed by atoms with Gasteiger partial charge in [0.1, 0.15) is 0 Å². The van der Waals surface area contributed by atoms with Gasteiger partial charge in [-0.3, -0.25) is 0 Å². The molecule has 0 fully saturated rings. The second-order valence-corrected chi connectivity index (χ2v) is 6.01. The Bertz CT molecular complexity index is 407. The number of hydrogen-bond acceptors (Lipinski definition) is 3. The van der Waals surface area contributed by atoms with E-state index in [0.29, 0.717) is 11.3 Å². The Morgan fingerprint density at radius 2 is 1.80 bits per heavy atom. The number of nitrogens with two attached hydrogens (primary N) is 1. The molecular formula is C11H17NO2S. The van der Waals surface area contributed by atoms with Gasteiger partial charge in [0, 0.05) is 6.04 Å². The van der Waals surface area contributed by atoms with Gasteiger partial charge >= 0.3 is 0 Å². The lowest BCUT2D eigenvalue weighted by Crippen LogP contribution is -2.20. The molecule has 3 nitrogen and oxygen atoms in total. The lowest BCUT2D eigenvalue weighted by molar-refractivity contribution is 0.587. The molecule has 0 amide bonds. The van der Waals surface area contributed by atoms with Crippen molar-refractivity contribution in [3.05, 3.63) is 29.8 Å². The van der Waals surface area contributed by atoms with E-state index in [0.717, 1.165) is 5.56 Å². The Morgan fingerprint density at radius 3 is 2.27 bits per heavy atom. The fourth-order valence-corrected chi connectivity index (χ4v) is 2.67. The monoisotopic (exact) mass is 227 g/mol. The third-order valence-corrected chi connectivity index (χ3v) is 3.99. The minimum Gasteiger partial charge on any atom is -0.328 e. The van der Waals surface area contributed by atoms with Gasteiger partial charge in [-0.25, -0.2) is 8.42 Å². The van der Waals surface area contributed by atoms with Crippen LogP contribution in [0.3, 0.4) is 0 Å². The Kier molecular flexibility index (Phi) is 3.88. The first-order valence-electron chi connectivity index (χ1n) is 4.97. The molecule has 1 aromatic carbocycles. The summed E-state index contributed by atoms with van der Waals surface area (Å²) in [5, 5.41) is 0. The Hall–Kier alpha value is -0.870. The molecule has 4 heteroatoms. The van der Waals surface area contributed by atoms with E-state index in [1.165, 1.54) is 0 Å². The highest BCUT2D eigenvalue weighted by Crippen LogP contribution is 2.13. The van der Waals surface area contributed by atoms with Crippen molar-refractivity contribution < 1.29 is 8.42 Å². The fraction of sp³-hybridized carbons (Fsp3) is 0.455. The predicted octanol–water partition coefficient (Wildman–Crippen LogP) is 1.51. The maximum atomic E-state index is 11.8. The summed E-state index contributed by atoms with van der Waals surface area (Å²) >= 11 is 0. The fourth-order valence-electron chi connectivity index (χ4n) is 1.20. The number of benzene rings is 1. The maximum Gasteiger partial charge on any atom is 0.178 e. The summed E-state index contributed by atoms with van der Waals surface area (Å²) in [5.41, 5.74) is 6.59. The summed E-state index contributed by atoms with van der Waals surface area (Å²) in [5.74, 6) is 0.119. The van der Waals surface area contributed by atoms with E-state index in [2.05, 4.69) is 0 Å². The molecule has 0 aliphatic heterocycles. The minimum absolute atomic E-state index is 0.0785. The van der Waals surface area contributed by atoms with Crippen molar-refractivity contribution in [3.8, 4) is 0 Å². The quantitative estimate of drug-likeness (QED) is 0.848. The van der Waals surface area contributed by atoms with Crippen LogP contribution in [0.5, 0.6) is 0 Å². The van der Waals surface area contributed by atoms with E-state index in [1.807, 2.05) is 13.8 Å². The van der Waals surface area contributed by atoms with Crippen LogP contribution in [0.2, 0.25) is 0 Å². The highest BCUT2D eigenvalue weighted by Gasteiger charge is 2.14. The smallest absolute Gasteiger partial charge is 0.178 e. The third kappa shape index (κ3) is 3.64. The highest BCUT2D eigenvalue weighted by molar-refractivity contribution is 7.91. The van der Waals surface area contributed by atoms with Gasteiger partial charge in [-0.2, -0.15) is 0 Å². The van der Waals surface area contributed by atoms with E-state index in [-0.39, 0.29) is 11.8 Å². The molecule has 1 unspecified atom stereocenters. The van der Waals surface area contributed by atoms with E-state index in [1.54, 1.807) is 24.3 Å². The zero-order chi connectivity index (χ0) is 11.5. The van der Waals surface area contributed by atoms with Crippen LogP contribution < -0.4 is 5.73 Å². The van der Waals surface area contributed by atoms with Gasteiger partial charge in [-0.05, 0) is 32.4 Å². The Morgan fingerprint density at radius 1 is 1.27 bits per heavy atom. The van der Waals surface area contributed by atoms with Crippen molar-refractivity contribution in [2.24, 2.45) is 5.73 Å². The van der Waals surface area contributed by atoms with Gasteiger partial charge in [0.05, 0.1) is 10.6 Å². The average Bonchev–Trinajstić information content (AvgIpc) is 2.16. The maximum absolute atomic E-state index is 11.8. The molecule has 0 saturated heterocycles. The molecule has 0 aliphatic carbocycles. The first kappa shape index (κ1) is 12.2. The second kappa shape index (κ2) is 4.77. The standard InChI is InChI=1S/C11H17NO2S/c1-9-3-5-11(6-4-9)15(13,14)8-7-10(2)12/h3-6,10H,7-8,12H2,1-2H3. The van der Waals surface area contributed by atoms with Crippen LogP contribution in [0, 0.1) is 6.92 Å². The average molecular weight is 227 g/mol. The van der Waals surface area contributed by atoms with Crippen LogP contribution in [0.15, 0.2) is 29.2 Å². The van der Waals surface area contributed by atoms with Gasteiger partial charge in [0.15, 0.2) is 9.84 Å². The molecule has 0 heterocycles.